The molecule has 11 heteroatoms. The van der Waals surface area contributed by atoms with Crippen LogP contribution in [0.15, 0.2) is 89.8 Å². The van der Waals surface area contributed by atoms with Gasteiger partial charge >= 0.3 is 0 Å². The van der Waals surface area contributed by atoms with Crippen molar-refractivity contribution >= 4 is 21.6 Å². The van der Waals surface area contributed by atoms with Gasteiger partial charge in [0, 0.05) is 0 Å². The number of halogens is 6. The first-order valence-electron chi connectivity index (χ1n) is 12.5. The highest BCUT2D eigenvalue weighted by Crippen LogP contribution is 2.45. The molecule has 4 aromatic carbocycles. The molecule has 0 aromatic heterocycles. The Labute approximate surface area is 240 Å². The van der Waals surface area contributed by atoms with E-state index < -0.39 is 61.6 Å². The van der Waals surface area contributed by atoms with Gasteiger partial charge in [0.2, 0.25) is 5.82 Å². The van der Waals surface area contributed by atoms with Crippen LogP contribution in [-0.4, -0.2) is 12.7 Å². The van der Waals surface area contributed by atoms with Gasteiger partial charge in [0.1, 0.15) is 5.50 Å². The normalized spacial score (nSPS) is 14.3. The summed E-state index contributed by atoms with van der Waals surface area (Å²) >= 11 is 6.82. The van der Waals surface area contributed by atoms with E-state index in [1.54, 1.807) is 60.7 Å². The summed E-state index contributed by atoms with van der Waals surface area (Å²) in [7, 11) is -5.57. The first kappa shape index (κ1) is 30.6. The Morgan fingerprint density at radius 3 is 1.51 bits per heavy atom. The van der Waals surface area contributed by atoms with E-state index in [0.29, 0.717) is 9.87 Å². The van der Waals surface area contributed by atoms with Crippen LogP contribution in [0.1, 0.15) is 59.6 Å². The number of benzene rings is 4. The van der Waals surface area contributed by atoms with Gasteiger partial charge in [-0.25, -0.2) is 30.4 Å². The van der Waals surface area contributed by atoms with Crippen LogP contribution in [0.2, 0.25) is 0 Å². The van der Waals surface area contributed by atoms with E-state index in [-0.39, 0.29) is 17.0 Å². The Morgan fingerprint density at radius 2 is 1.05 bits per heavy atom. The number of hydrogen-bond donors (Lipinski definition) is 1. The van der Waals surface area contributed by atoms with Crippen LogP contribution in [-0.2, 0) is 10.0 Å². The minimum atomic E-state index is -5.57. The highest BCUT2D eigenvalue weighted by atomic mass is 35.5. The fraction of sp³-hybridized carbons (Fsp3) is 0.200. The van der Waals surface area contributed by atoms with Gasteiger partial charge in [-0.05, 0) is 28.2 Å². The lowest BCUT2D eigenvalue weighted by Crippen LogP contribution is -2.42. The molecule has 4 aromatic rings. The Bertz CT molecular complexity index is 1590. The number of alkyl halides is 1. The Kier molecular flexibility index (Phi) is 9.18. The number of rotatable bonds is 9. The molecular weight excluding hydrogens is 583 g/mol. The molecule has 41 heavy (non-hydrogen) atoms. The fourth-order valence-corrected chi connectivity index (χ4v) is 6.88. The smallest absolute Gasteiger partial charge is 0.251 e. The van der Waals surface area contributed by atoms with E-state index >= 15 is 8.78 Å². The molecule has 3 atom stereocenters. The summed E-state index contributed by atoms with van der Waals surface area (Å²) < 4.78 is 101. The predicted molar refractivity (Wildman–Crippen MR) is 147 cm³/mol. The molecule has 4 rings (SSSR count). The lowest BCUT2D eigenvalue weighted by atomic mass is 9.93. The fourth-order valence-electron chi connectivity index (χ4n) is 4.54. The third-order valence-electron chi connectivity index (χ3n) is 6.75. The van der Waals surface area contributed by atoms with E-state index in [9.17, 15) is 21.6 Å². The second kappa shape index (κ2) is 12.3. The van der Waals surface area contributed by atoms with E-state index in [0.717, 1.165) is 5.56 Å². The molecule has 0 saturated heterocycles. The summed E-state index contributed by atoms with van der Waals surface area (Å²) in [6, 6.07) is 20.0. The van der Waals surface area contributed by atoms with Gasteiger partial charge in [0.25, 0.3) is 10.0 Å². The average molecular weight is 609 g/mol. The third-order valence-corrected chi connectivity index (χ3v) is 9.19. The molecule has 0 spiro atoms. The quantitative estimate of drug-likeness (QED) is 0.0691. The molecule has 1 unspecified atom stereocenters. The van der Waals surface area contributed by atoms with Crippen molar-refractivity contribution in [1.29, 1.82) is 0 Å². The molecule has 0 aliphatic rings. The second-order valence-corrected chi connectivity index (χ2v) is 11.9. The van der Waals surface area contributed by atoms with E-state index in [4.69, 9.17) is 17.3 Å². The summed E-state index contributed by atoms with van der Waals surface area (Å²) in [5, 5.41) is 0. The number of sulfonamides is 1. The van der Waals surface area contributed by atoms with Crippen molar-refractivity contribution < 1.29 is 30.4 Å². The summed E-state index contributed by atoms with van der Waals surface area (Å²) in [6.07, 6.45) is 0. The highest BCUT2D eigenvalue weighted by Gasteiger charge is 2.45. The zero-order valence-electron chi connectivity index (χ0n) is 21.9. The second-order valence-electron chi connectivity index (χ2n) is 9.68. The summed E-state index contributed by atoms with van der Waals surface area (Å²) in [4.78, 5) is -2.03. The van der Waals surface area contributed by atoms with Gasteiger partial charge < -0.3 is 5.73 Å². The zero-order chi connectivity index (χ0) is 30.1. The lowest BCUT2D eigenvalue weighted by Gasteiger charge is -2.38. The van der Waals surface area contributed by atoms with Gasteiger partial charge in [0.05, 0.1) is 12.1 Å². The molecule has 4 nitrogen and oxygen atoms in total. The van der Waals surface area contributed by atoms with Crippen LogP contribution in [0, 0.1) is 29.1 Å². The van der Waals surface area contributed by atoms with Crippen LogP contribution in [0.5, 0.6) is 0 Å². The number of hydrogen-bond acceptors (Lipinski definition) is 3. The summed E-state index contributed by atoms with van der Waals surface area (Å²) in [5.41, 5.74) is 6.72. The van der Waals surface area contributed by atoms with Gasteiger partial charge in [0.15, 0.2) is 28.2 Å². The Hall–Kier alpha value is -3.31. The Morgan fingerprint density at radius 1 is 0.634 bits per heavy atom. The van der Waals surface area contributed by atoms with Crippen LogP contribution < -0.4 is 5.73 Å². The average Bonchev–Trinajstić information content (AvgIpc) is 2.98. The van der Waals surface area contributed by atoms with Crippen LogP contribution >= 0.6 is 11.6 Å². The zero-order valence-corrected chi connectivity index (χ0v) is 23.5. The molecule has 0 amide bonds. The molecule has 2 N–H and O–H groups in total. The van der Waals surface area contributed by atoms with Crippen molar-refractivity contribution in [3.63, 3.8) is 0 Å². The predicted octanol–water partition coefficient (Wildman–Crippen LogP) is 7.88. The summed E-state index contributed by atoms with van der Waals surface area (Å²) in [5.74, 6) is -12.2. The maximum atomic E-state index is 15.1. The first-order valence-corrected chi connectivity index (χ1v) is 14.4. The highest BCUT2D eigenvalue weighted by molar-refractivity contribution is 7.89. The monoisotopic (exact) mass is 608 g/mol. The Balaban J connectivity index is 2.03. The van der Waals surface area contributed by atoms with E-state index in [1.165, 1.54) is 24.3 Å². The van der Waals surface area contributed by atoms with Crippen LogP contribution in [0.4, 0.5) is 22.0 Å². The largest absolute Gasteiger partial charge is 0.322 e. The maximum Gasteiger partial charge on any atom is 0.251 e. The van der Waals surface area contributed by atoms with E-state index in [2.05, 4.69) is 0 Å². The van der Waals surface area contributed by atoms with Crippen molar-refractivity contribution in [2.45, 2.75) is 42.2 Å². The van der Waals surface area contributed by atoms with Gasteiger partial charge in [-0.15, -0.1) is 0 Å². The lowest BCUT2D eigenvalue weighted by molar-refractivity contribution is 0.264. The minimum Gasteiger partial charge on any atom is -0.322 e. The van der Waals surface area contributed by atoms with E-state index in [1.807, 2.05) is 13.8 Å². The molecule has 0 bridgehead atoms. The van der Waals surface area contributed by atoms with Crippen molar-refractivity contribution in [2.75, 3.05) is 0 Å². The molecule has 0 fully saturated rings. The van der Waals surface area contributed by atoms with Crippen LogP contribution in [0.3, 0.4) is 0 Å². The molecular formula is C30H26ClF5N2O2S. The topological polar surface area (TPSA) is 63.4 Å². The first-order chi connectivity index (χ1) is 19.4. The number of nitrogens with zero attached hydrogens (tertiary/aromatic N) is 1. The molecule has 0 heterocycles. The molecule has 216 valence electrons. The molecule has 0 aliphatic heterocycles. The third kappa shape index (κ3) is 5.88. The van der Waals surface area contributed by atoms with Crippen molar-refractivity contribution in [3.8, 4) is 0 Å². The standard InChI is InChI=1S/C30H26ClF5N2O2S/c1-17(2)18-13-15-21(16-14-18)30(31)38(41(39,40)29-25(35)23(33)22(32)24(34)26(29)36)28(20-11-7-4-8-12-20)27(37)19-9-5-3-6-10-19/h3-17,27-28,30H,37H2,1-2H3/t27-,28-,30?/m0/s1. The molecule has 0 aliphatic carbocycles. The number of nitrogens with two attached hydrogens (primary N) is 1. The van der Waals surface area contributed by atoms with Gasteiger partial charge in [-0.3, -0.25) is 0 Å². The van der Waals surface area contributed by atoms with Crippen molar-refractivity contribution in [3.05, 3.63) is 136 Å². The SMILES string of the molecule is CC(C)c1ccc(C(Cl)N([C@@H](c2ccccc2)[C@@H](N)c2ccccc2)S(=O)(=O)c2c(F)c(F)c(F)c(F)c2F)cc1. The van der Waals surface area contributed by atoms with Gasteiger partial charge in [-0.2, -0.15) is 4.31 Å². The van der Waals surface area contributed by atoms with Crippen molar-refractivity contribution in [1.82, 2.24) is 4.31 Å². The minimum absolute atomic E-state index is 0.120. The van der Waals surface area contributed by atoms with Gasteiger partial charge in [-0.1, -0.05) is 110 Å². The molecule has 0 saturated carbocycles. The van der Waals surface area contributed by atoms with Crippen LogP contribution in [0.25, 0.3) is 0 Å². The maximum absolute atomic E-state index is 15.1. The summed E-state index contributed by atoms with van der Waals surface area (Å²) in [6.45, 7) is 3.88. The molecule has 0 radical (unpaired) electrons. The van der Waals surface area contributed by atoms with Crippen molar-refractivity contribution in [2.24, 2.45) is 5.73 Å².